The fraction of sp³-hybridized carbons (Fsp3) is 0.562. The minimum Gasteiger partial charge on any atom is -0.339 e. The molecule has 1 aliphatic heterocycles. The largest absolute Gasteiger partial charge is 0.339 e. The molecule has 0 saturated carbocycles. The summed E-state index contributed by atoms with van der Waals surface area (Å²) in [6, 6.07) is 6.21. The Kier molecular flexibility index (Phi) is 5.97. The molecule has 0 aromatic heterocycles. The Bertz CT molecular complexity index is 590. The van der Waals surface area contributed by atoms with E-state index in [1.54, 1.807) is 12.1 Å². The summed E-state index contributed by atoms with van der Waals surface area (Å²) in [6.07, 6.45) is 4.97. The molecular weight excluding hydrogens is 300 g/mol. The molecule has 1 fully saturated rings. The third-order valence-electron chi connectivity index (χ3n) is 3.88. The van der Waals surface area contributed by atoms with E-state index in [4.69, 9.17) is 0 Å². The first-order valence-corrected chi connectivity index (χ1v) is 9.42. The van der Waals surface area contributed by atoms with Gasteiger partial charge in [-0.05, 0) is 43.5 Å². The van der Waals surface area contributed by atoms with Crippen molar-refractivity contribution in [3.05, 3.63) is 29.8 Å². The Hall–Kier alpha value is -1.40. The SMILES string of the molecule is CCCCCNS(=O)(=O)c1ccc(C(=O)N2CCCC2)cc1. The van der Waals surface area contributed by atoms with Crippen molar-refractivity contribution in [1.82, 2.24) is 9.62 Å². The molecule has 1 saturated heterocycles. The van der Waals surface area contributed by atoms with E-state index in [-0.39, 0.29) is 10.8 Å². The highest BCUT2D eigenvalue weighted by Gasteiger charge is 2.20. The lowest BCUT2D eigenvalue weighted by atomic mass is 10.2. The number of hydrogen-bond donors (Lipinski definition) is 1. The fourth-order valence-corrected chi connectivity index (χ4v) is 3.62. The van der Waals surface area contributed by atoms with Crippen molar-refractivity contribution in [3.63, 3.8) is 0 Å². The van der Waals surface area contributed by atoms with Gasteiger partial charge in [0.2, 0.25) is 10.0 Å². The van der Waals surface area contributed by atoms with Crippen LogP contribution in [0.5, 0.6) is 0 Å². The maximum atomic E-state index is 12.2. The van der Waals surface area contributed by atoms with Gasteiger partial charge in [0, 0.05) is 25.2 Å². The van der Waals surface area contributed by atoms with Gasteiger partial charge in [0.1, 0.15) is 0 Å². The molecule has 22 heavy (non-hydrogen) atoms. The summed E-state index contributed by atoms with van der Waals surface area (Å²) in [5, 5.41) is 0. The molecule has 0 unspecified atom stereocenters. The maximum absolute atomic E-state index is 12.2. The number of carbonyl (C=O) groups excluding carboxylic acids is 1. The van der Waals surface area contributed by atoms with Gasteiger partial charge >= 0.3 is 0 Å². The Morgan fingerprint density at radius 1 is 1.14 bits per heavy atom. The molecule has 2 rings (SSSR count). The third-order valence-corrected chi connectivity index (χ3v) is 5.35. The summed E-state index contributed by atoms with van der Waals surface area (Å²) in [7, 11) is -3.48. The summed E-state index contributed by atoms with van der Waals surface area (Å²) in [5.41, 5.74) is 0.548. The van der Waals surface area contributed by atoms with E-state index in [1.165, 1.54) is 12.1 Å². The van der Waals surface area contributed by atoms with Gasteiger partial charge in [-0.2, -0.15) is 0 Å². The Morgan fingerprint density at radius 3 is 2.36 bits per heavy atom. The number of amides is 1. The monoisotopic (exact) mass is 324 g/mol. The second-order valence-corrected chi connectivity index (χ2v) is 7.40. The quantitative estimate of drug-likeness (QED) is 0.783. The van der Waals surface area contributed by atoms with E-state index in [1.807, 2.05) is 4.90 Å². The Balaban J connectivity index is 1.99. The van der Waals surface area contributed by atoms with Crippen molar-refractivity contribution in [3.8, 4) is 0 Å². The second kappa shape index (κ2) is 7.74. The number of rotatable bonds is 7. The van der Waals surface area contributed by atoms with Crippen molar-refractivity contribution in [1.29, 1.82) is 0 Å². The van der Waals surface area contributed by atoms with Gasteiger partial charge in [0.25, 0.3) is 5.91 Å². The molecule has 1 amide bonds. The normalized spacial score (nSPS) is 15.2. The molecule has 1 heterocycles. The summed E-state index contributed by atoms with van der Waals surface area (Å²) in [6.45, 7) is 4.10. The van der Waals surface area contributed by atoms with Crippen molar-refractivity contribution < 1.29 is 13.2 Å². The molecule has 122 valence electrons. The first-order chi connectivity index (χ1) is 10.5. The van der Waals surface area contributed by atoms with Gasteiger partial charge in [0.15, 0.2) is 0 Å². The van der Waals surface area contributed by atoms with Crippen LogP contribution in [0.4, 0.5) is 0 Å². The zero-order chi connectivity index (χ0) is 16.0. The fourth-order valence-electron chi connectivity index (χ4n) is 2.54. The van der Waals surface area contributed by atoms with E-state index in [2.05, 4.69) is 11.6 Å². The van der Waals surface area contributed by atoms with Gasteiger partial charge in [0.05, 0.1) is 4.90 Å². The van der Waals surface area contributed by atoms with Crippen LogP contribution in [-0.2, 0) is 10.0 Å². The predicted octanol–water partition coefficient (Wildman–Crippen LogP) is 2.39. The highest BCUT2D eigenvalue weighted by Crippen LogP contribution is 2.15. The molecule has 5 nitrogen and oxygen atoms in total. The summed E-state index contributed by atoms with van der Waals surface area (Å²) in [5.74, 6) is -0.0163. The van der Waals surface area contributed by atoms with Crippen LogP contribution in [0, 0.1) is 0 Å². The average Bonchev–Trinajstić information content (AvgIpc) is 3.05. The predicted molar refractivity (Wildman–Crippen MR) is 86.3 cm³/mol. The Morgan fingerprint density at radius 2 is 1.77 bits per heavy atom. The number of carbonyl (C=O) groups is 1. The lowest BCUT2D eigenvalue weighted by molar-refractivity contribution is 0.0792. The standard InChI is InChI=1S/C16H24N2O3S/c1-2-3-4-11-17-22(20,21)15-9-7-14(8-10-15)16(19)18-12-5-6-13-18/h7-10,17H,2-6,11-13H2,1H3. The molecule has 0 bridgehead atoms. The number of nitrogens with one attached hydrogen (secondary N) is 1. The van der Waals surface area contributed by atoms with E-state index in [0.29, 0.717) is 12.1 Å². The minimum absolute atomic E-state index is 0.0163. The molecule has 1 aromatic rings. The zero-order valence-corrected chi connectivity index (χ0v) is 13.9. The molecule has 1 aromatic carbocycles. The highest BCUT2D eigenvalue weighted by atomic mass is 32.2. The number of unbranched alkanes of at least 4 members (excludes halogenated alkanes) is 2. The van der Waals surface area contributed by atoms with E-state index in [0.717, 1.165) is 45.2 Å². The van der Waals surface area contributed by atoms with Crippen molar-refractivity contribution in [2.24, 2.45) is 0 Å². The number of likely N-dealkylation sites (tertiary alicyclic amines) is 1. The number of sulfonamides is 1. The van der Waals surface area contributed by atoms with Gasteiger partial charge in [-0.15, -0.1) is 0 Å². The van der Waals surface area contributed by atoms with E-state index < -0.39 is 10.0 Å². The molecule has 1 N–H and O–H groups in total. The van der Waals surface area contributed by atoms with Crippen LogP contribution in [0.2, 0.25) is 0 Å². The molecule has 0 aliphatic carbocycles. The highest BCUT2D eigenvalue weighted by molar-refractivity contribution is 7.89. The van der Waals surface area contributed by atoms with E-state index >= 15 is 0 Å². The Labute approximate surface area is 132 Å². The van der Waals surface area contributed by atoms with Crippen LogP contribution >= 0.6 is 0 Å². The second-order valence-electron chi connectivity index (χ2n) is 5.63. The maximum Gasteiger partial charge on any atom is 0.253 e. The average molecular weight is 324 g/mol. The molecular formula is C16H24N2O3S. The topological polar surface area (TPSA) is 66.5 Å². The van der Waals surface area contributed by atoms with Crippen molar-refractivity contribution in [2.75, 3.05) is 19.6 Å². The van der Waals surface area contributed by atoms with Crippen LogP contribution in [0.15, 0.2) is 29.2 Å². The lowest BCUT2D eigenvalue weighted by Crippen LogP contribution is -2.28. The van der Waals surface area contributed by atoms with Gasteiger partial charge < -0.3 is 4.90 Å². The number of benzene rings is 1. The number of hydrogen-bond acceptors (Lipinski definition) is 3. The molecule has 0 radical (unpaired) electrons. The number of nitrogens with zero attached hydrogens (tertiary/aromatic N) is 1. The smallest absolute Gasteiger partial charge is 0.253 e. The van der Waals surface area contributed by atoms with Gasteiger partial charge in [-0.3, -0.25) is 4.79 Å². The van der Waals surface area contributed by atoms with Crippen molar-refractivity contribution in [2.45, 2.75) is 43.9 Å². The summed E-state index contributed by atoms with van der Waals surface area (Å²) >= 11 is 0. The van der Waals surface area contributed by atoms with Crippen LogP contribution in [-0.4, -0.2) is 38.9 Å². The van der Waals surface area contributed by atoms with Crippen LogP contribution in [0.1, 0.15) is 49.4 Å². The summed E-state index contributed by atoms with van der Waals surface area (Å²) < 4.78 is 26.8. The molecule has 6 heteroatoms. The van der Waals surface area contributed by atoms with E-state index in [9.17, 15) is 13.2 Å². The molecule has 0 spiro atoms. The van der Waals surface area contributed by atoms with Gasteiger partial charge in [-0.25, -0.2) is 13.1 Å². The third kappa shape index (κ3) is 4.30. The van der Waals surface area contributed by atoms with Crippen molar-refractivity contribution >= 4 is 15.9 Å². The zero-order valence-electron chi connectivity index (χ0n) is 13.0. The minimum atomic E-state index is -3.48. The summed E-state index contributed by atoms with van der Waals surface area (Å²) in [4.78, 5) is 14.2. The molecule has 0 atom stereocenters. The van der Waals surface area contributed by atoms with Crippen LogP contribution in [0.3, 0.4) is 0 Å². The molecule has 1 aliphatic rings. The first-order valence-electron chi connectivity index (χ1n) is 7.93. The lowest BCUT2D eigenvalue weighted by Gasteiger charge is -2.15. The van der Waals surface area contributed by atoms with Crippen LogP contribution in [0.25, 0.3) is 0 Å². The first kappa shape index (κ1) is 17.0. The van der Waals surface area contributed by atoms with Gasteiger partial charge in [-0.1, -0.05) is 19.8 Å². The van der Waals surface area contributed by atoms with Crippen LogP contribution < -0.4 is 4.72 Å².